The van der Waals surface area contributed by atoms with Gasteiger partial charge in [0.05, 0.1) is 5.69 Å². The minimum Gasteiger partial charge on any atom is -0.355 e. The van der Waals surface area contributed by atoms with E-state index in [2.05, 4.69) is 25.8 Å². The van der Waals surface area contributed by atoms with Crippen LogP contribution in [0.4, 0.5) is 5.82 Å². The highest BCUT2D eigenvalue weighted by atomic mass is 16.2. The third kappa shape index (κ3) is 3.30. The van der Waals surface area contributed by atoms with Gasteiger partial charge >= 0.3 is 0 Å². The number of aromatic amines is 1. The molecule has 0 spiro atoms. The first-order valence-electron chi connectivity index (χ1n) is 7.26. The molecule has 2 amide bonds. The van der Waals surface area contributed by atoms with Crippen LogP contribution in [-0.2, 0) is 0 Å². The summed E-state index contributed by atoms with van der Waals surface area (Å²) in [4.78, 5) is 27.9. The number of pyridine rings is 1. The van der Waals surface area contributed by atoms with Crippen LogP contribution in [0, 0.1) is 0 Å². The Labute approximate surface area is 138 Å². The monoisotopic (exact) mass is 321 g/mol. The van der Waals surface area contributed by atoms with Crippen LogP contribution in [0.15, 0.2) is 54.9 Å². The fourth-order valence-corrected chi connectivity index (χ4v) is 2.20. The van der Waals surface area contributed by atoms with Gasteiger partial charge in [-0.15, -0.1) is 0 Å². The summed E-state index contributed by atoms with van der Waals surface area (Å²) in [7, 11) is 1.54. The predicted molar refractivity (Wildman–Crippen MR) is 89.6 cm³/mol. The van der Waals surface area contributed by atoms with E-state index in [0.29, 0.717) is 16.9 Å². The molecule has 120 valence electrons. The molecule has 7 heteroatoms. The second-order valence-corrected chi connectivity index (χ2v) is 5.02. The van der Waals surface area contributed by atoms with Gasteiger partial charge in [0.2, 0.25) is 0 Å². The fraction of sp³-hybridized carbons (Fsp3) is 0.0588. The highest BCUT2D eigenvalue weighted by molar-refractivity contribution is 6.05. The number of hydrogen-bond acceptors (Lipinski definition) is 4. The van der Waals surface area contributed by atoms with Crippen LogP contribution in [0.5, 0.6) is 0 Å². The van der Waals surface area contributed by atoms with Crippen molar-refractivity contribution >= 4 is 17.6 Å². The van der Waals surface area contributed by atoms with Gasteiger partial charge in [0.15, 0.2) is 5.82 Å². The summed E-state index contributed by atoms with van der Waals surface area (Å²) in [5.74, 6) is -0.185. The van der Waals surface area contributed by atoms with E-state index in [0.717, 1.165) is 11.3 Å². The molecule has 0 aliphatic heterocycles. The molecule has 0 atom stereocenters. The molecule has 24 heavy (non-hydrogen) atoms. The van der Waals surface area contributed by atoms with Gasteiger partial charge in [0.25, 0.3) is 11.8 Å². The zero-order valence-electron chi connectivity index (χ0n) is 12.9. The lowest BCUT2D eigenvalue weighted by Gasteiger charge is -2.04. The van der Waals surface area contributed by atoms with Crippen molar-refractivity contribution in [3.8, 4) is 11.3 Å². The molecule has 7 nitrogen and oxygen atoms in total. The maximum Gasteiger partial charge on any atom is 0.256 e. The second-order valence-electron chi connectivity index (χ2n) is 5.02. The number of nitrogens with zero attached hydrogens (tertiary/aromatic N) is 2. The Balaban J connectivity index is 1.76. The quantitative estimate of drug-likeness (QED) is 0.685. The summed E-state index contributed by atoms with van der Waals surface area (Å²) in [6.45, 7) is 0. The van der Waals surface area contributed by atoms with Crippen LogP contribution in [0.1, 0.15) is 20.7 Å². The maximum absolute atomic E-state index is 12.3. The Morgan fingerprint density at radius 3 is 2.42 bits per heavy atom. The lowest BCUT2D eigenvalue weighted by Crippen LogP contribution is -2.19. The lowest BCUT2D eigenvalue weighted by atomic mass is 10.1. The van der Waals surface area contributed by atoms with Crippen molar-refractivity contribution in [3.63, 3.8) is 0 Å². The van der Waals surface area contributed by atoms with Crippen molar-refractivity contribution in [2.24, 2.45) is 0 Å². The first kappa shape index (κ1) is 15.4. The van der Waals surface area contributed by atoms with E-state index in [9.17, 15) is 9.59 Å². The molecule has 1 aromatic carbocycles. The van der Waals surface area contributed by atoms with E-state index in [1.807, 2.05) is 12.1 Å². The average molecular weight is 321 g/mol. The van der Waals surface area contributed by atoms with Crippen LogP contribution >= 0.6 is 0 Å². The van der Waals surface area contributed by atoms with Crippen molar-refractivity contribution in [1.82, 2.24) is 20.5 Å². The van der Waals surface area contributed by atoms with Crippen LogP contribution in [0.2, 0.25) is 0 Å². The Morgan fingerprint density at radius 2 is 1.71 bits per heavy atom. The van der Waals surface area contributed by atoms with Crippen molar-refractivity contribution in [1.29, 1.82) is 0 Å². The molecule has 0 saturated heterocycles. The number of hydrogen-bond donors (Lipinski definition) is 3. The zero-order valence-corrected chi connectivity index (χ0v) is 12.9. The largest absolute Gasteiger partial charge is 0.355 e. The highest BCUT2D eigenvalue weighted by Gasteiger charge is 2.11. The second kappa shape index (κ2) is 6.74. The molecule has 0 unspecified atom stereocenters. The Kier molecular flexibility index (Phi) is 4.33. The average Bonchev–Trinajstić information content (AvgIpc) is 3.10. The van der Waals surface area contributed by atoms with Crippen LogP contribution < -0.4 is 10.6 Å². The zero-order chi connectivity index (χ0) is 16.9. The molecule has 0 aliphatic carbocycles. The van der Waals surface area contributed by atoms with E-state index in [1.54, 1.807) is 43.7 Å². The summed E-state index contributed by atoms with van der Waals surface area (Å²) >= 11 is 0. The van der Waals surface area contributed by atoms with Crippen molar-refractivity contribution in [2.45, 2.75) is 0 Å². The molecule has 0 aliphatic rings. The molecule has 3 aromatic rings. The van der Waals surface area contributed by atoms with Gasteiger partial charge < -0.3 is 10.6 Å². The molecular formula is C17H15N5O2. The van der Waals surface area contributed by atoms with Crippen molar-refractivity contribution < 1.29 is 9.59 Å². The molecule has 0 fully saturated rings. The number of amides is 2. The number of benzene rings is 1. The van der Waals surface area contributed by atoms with Gasteiger partial charge in [-0.25, -0.2) is 0 Å². The van der Waals surface area contributed by atoms with E-state index in [1.165, 1.54) is 6.07 Å². The summed E-state index contributed by atoms with van der Waals surface area (Å²) in [6, 6.07) is 11.9. The smallest absolute Gasteiger partial charge is 0.256 e. The number of carbonyl (C=O) groups excluding carboxylic acids is 2. The molecule has 0 bridgehead atoms. The van der Waals surface area contributed by atoms with Gasteiger partial charge in [0, 0.05) is 42.2 Å². The molecule has 3 N–H and O–H groups in total. The Hall–Kier alpha value is -3.48. The number of anilines is 1. The lowest BCUT2D eigenvalue weighted by molar-refractivity contribution is 0.0963. The van der Waals surface area contributed by atoms with Crippen molar-refractivity contribution in [3.05, 3.63) is 66.0 Å². The fourth-order valence-electron chi connectivity index (χ4n) is 2.20. The Morgan fingerprint density at radius 1 is 1.00 bits per heavy atom. The van der Waals surface area contributed by atoms with Crippen LogP contribution in [0.3, 0.4) is 0 Å². The molecular weight excluding hydrogens is 306 g/mol. The van der Waals surface area contributed by atoms with Gasteiger partial charge in [-0.05, 0) is 30.3 Å². The standard InChI is InChI=1S/C17H15N5O2/c1-18-16(23)12-3-2-4-13(9-12)17(24)20-15-10-14(21-22-15)11-5-7-19-8-6-11/h2-10H,1H3,(H,18,23)(H2,20,21,22,24). The summed E-state index contributed by atoms with van der Waals surface area (Å²) in [5, 5.41) is 12.2. The van der Waals surface area contributed by atoms with Gasteiger partial charge in [-0.1, -0.05) is 6.07 Å². The molecule has 0 saturated carbocycles. The third-order valence-electron chi connectivity index (χ3n) is 3.42. The number of rotatable bonds is 4. The van der Waals surface area contributed by atoms with E-state index >= 15 is 0 Å². The first-order chi connectivity index (χ1) is 11.7. The van der Waals surface area contributed by atoms with E-state index in [-0.39, 0.29) is 11.8 Å². The topological polar surface area (TPSA) is 99.8 Å². The predicted octanol–water partition coefficient (Wildman–Crippen LogP) is 2.08. The number of aromatic nitrogens is 3. The summed E-state index contributed by atoms with van der Waals surface area (Å²) < 4.78 is 0. The SMILES string of the molecule is CNC(=O)c1cccc(C(=O)Nc2cc(-c3ccncc3)[nH]n2)c1. The minimum absolute atomic E-state index is 0.246. The number of nitrogens with one attached hydrogen (secondary N) is 3. The normalized spacial score (nSPS) is 10.2. The molecule has 0 radical (unpaired) electrons. The van der Waals surface area contributed by atoms with Crippen LogP contribution in [-0.4, -0.2) is 34.0 Å². The molecule has 2 heterocycles. The van der Waals surface area contributed by atoms with Gasteiger partial charge in [-0.2, -0.15) is 5.10 Å². The number of carbonyl (C=O) groups is 2. The summed E-state index contributed by atoms with van der Waals surface area (Å²) in [5.41, 5.74) is 2.49. The van der Waals surface area contributed by atoms with Crippen LogP contribution in [0.25, 0.3) is 11.3 Å². The Bertz CT molecular complexity index is 873. The van der Waals surface area contributed by atoms with Gasteiger partial charge in [0.1, 0.15) is 0 Å². The highest BCUT2D eigenvalue weighted by Crippen LogP contribution is 2.19. The number of H-pyrrole nitrogens is 1. The molecule has 2 aromatic heterocycles. The van der Waals surface area contributed by atoms with E-state index in [4.69, 9.17) is 0 Å². The van der Waals surface area contributed by atoms with E-state index < -0.39 is 0 Å². The van der Waals surface area contributed by atoms with Gasteiger partial charge in [-0.3, -0.25) is 19.7 Å². The first-order valence-corrected chi connectivity index (χ1v) is 7.26. The summed E-state index contributed by atoms with van der Waals surface area (Å²) in [6.07, 6.45) is 3.36. The maximum atomic E-state index is 12.3. The van der Waals surface area contributed by atoms with Crippen molar-refractivity contribution in [2.75, 3.05) is 12.4 Å². The molecule has 3 rings (SSSR count). The minimum atomic E-state index is -0.339. The third-order valence-corrected chi connectivity index (χ3v) is 3.42.